The molecule has 2 heterocycles. The number of nitrogens with zero attached hydrogens (tertiary/aromatic N) is 2. The van der Waals surface area contributed by atoms with Crippen LogP contribution in [0.4, 0.5) is 5.69 Å². The highest BCUT2D eigenvalue weighted by Crippen LogP contribution is 2.29. The van der Waals surface area contributed by atoms with Crippen molar-refractivity contribution in [2.75, 3.05) is 64.9 Å². The van der Waals surface area contributed by atoms with Crippen LogP contribution in [0.3, 0.4) is 0 Å². The van der Waals surface area contributed by atoms with Crippen molar-refractivity contribution in [3.63, 3.8) is 0 Å². The molecule has 9 nitrogen and oxygen atoms in total. The molecular weight excluding hydrogens is 424 g/mol. The number of amides is 2. The van der Waals surface area contributed by atoms with Crippen molar-refractivity contribution in [2.45, 2.75) is 38.8 Å². The summed E-state index contributed by atoms with van der Waals surface area (Å²) in [6.07, 6.45) is 0.411. The fourth-order valence-corrected chi connectivity index (χ4v) is 4.26. The van der Waals surface area contributed by atoms with Gasteiger partial charge in [0.25, 0.3) is 0 Å². The maximum atomic E-state index is 13.1. The van der Waals surface area contributed by atoms with Crippen LogP contribution in [-0.2, 0) is 20.7 Å². The number of benzene rings is 1. The molecule has 33 heavy (non-hydrogen) atoms. The molecule has 2 amide bonds. The molecule has 0 saturated carbocycles. The third-order valence-corrected chi connectivity index (χ3v) is 6.36. The van der Waals surface area contributed by atoms with Gasteiger partial charge < -0.3 is 30.1 Å². The van der Waals surface area contributed by atoms with E-state index in [1.165, 1.54) is 0 Å². The third kappa shape index (κ3) is 7.14. The summed E-state index contributed by atoms with van der Waals surface area (Å²) < 4.78 is 11.7. The van der Waals surface area contributed by atoms with E-state index in [0.29, 0.717) is 50.7 Å². The zero-order valence-electron chi connectivity index (χ0n) is 20.0. The molecule has 1 aromatic rings. The van der Waals surface area contributed by atoms with Gasteiger partial charge in [0.1, 0.15) is 11.9 Å². The number of carbonyl (C=O) groups excluding carboxylic acids is 2. The van der Waals surface area contributed by atoms with Gasteiger partial charge in [0.05, 0.1) is 32.3 Å². The Balaban J connectivity index is 1.74. The van der Waals surface area contributed by atoms with Crippen molar-refractivity contribution in [2.24, 2.45) is 5.92 Å². The SMILES string of the molecule is CNC[C@@H]1Oc2ccc(NC(=O)CCN3CCOCC3)cc2CC(=O)N([C@H](C)CO)C[C@@H]1C. The van der Waals surface area contributed by atoms with Gasteiger partial charge in [0, 0.05) is 56.3 Å². The second kappa shape index (κ2) is 12.3. The molecule has 0 radical (unpaired) electrons. The zero-order valence-corrected chi connectivity index (χ0v) is 20.0. The Bertz CT molecular complexity index is 799. The van der Waals surface area contributed by atoms with Crippen LogP contribution in [-0.4, -0.2) is 98.5 Å². The normalized spacial score (nSPS) is 23.0. The number of fused-ring (bicyclic) bond motifs is 1. The second-order valence-corrected chi connectivity index (χ2v) is 9.02. The lowest BCUT2D eigenvalue weighted by atomic mass is 10.0. The van der Waals surface area contributed by atoms with Gasteiger partial charge >= 0.3 is 0 Å². The Morgan fingerprint density at radius 2 is 2.06 bits per heavy atom. The number of rotatable bonds is 8. The summed E-state index contributed by atoms with van der Waals surface area (Å²) in [7, 11) is 1.87. The number of hydrogen-bond donors (Lipinski definition) is 3. The van der Waals surface area contributed by atoms with Crippen LogP contribution < -0.4 is 15.4 Å². The maximum Gasteiger partial charge on any atom is 0.227 e. The number of aliphatic hydroxyl groups is 1. The first kappa shape index (κ1) is 25.4. The van der Waals surface area contributed by atoms with Gasteiger partial charge in [-0.25, -0.2) is 0 Å². The molecule has 184 valence electrons. The van der Waals surface area contributed by atoms with E-state index in [9.17, 15) is 14.7 Å². The molecule has 0 aliphatic carbocycles. The van der Waals surface area contributed by atoms with E-state index in [1.54, 1.807) is 4.90 Å². The number of aliphatic hydroxyl groups excluding tert-OH is 1. The van der Waals surface area contributed by atoms with Crippen LogP contribution in [0.1, 0.15) is 25.8 Å². The van der Waals surface area contributed by atoms with E-state index in [-0.39, 0.29) is 42.9 Å². The molecular formula is C24H38N4O5. The Hall–Kier alpha value is -2.20. The van der Waals surface area contributed by atoms with E-state index in [2.05, 4.69) is 22.5 Å². The average molecular weight is 463 g/mol. The zero-order chi connectivity index (χ0) is 23.8. The first-order chi connectivity index (χ1) is 15.9. The molecule has 1 fully saturated rings. The van der Waals surface area contributed by atoms with E-state index < -0.39 is 0 Å². The second-order valence-electron chi connectivity index (χ2n) is 9.02. The van der Waals surface area contributed by atoms with Crippen LogP contribution >= 0.6 is 0 Å². The van der Waals surface area contributed by atoms with Crippen molar-refractivity contribution < 1.29 is 24.2 Å². The van der Waals surface area contributed by atoms with Crippen LogP contribution in [0.5, 0.6) is 5.75 Å². The van der Waals surface area contributed by atoms with Gasteiger partial charge in [-0.2, -0.15) is 0 Å². The van der Waals surface area contributed by atoms with E-state index in [4.69, 9.17) is 9.47 Å². The Morgan fingerprint density at radius 3 is 2.76 bits per heavy atom. The highest BCUT2D eigenvalue weighted by molar-refractivity contribution is 5.91. The summed E-state index contributed by atoms with van der Waals surface area (Å²) in [4.78, 5) is 29.6. The summed E-state index contributed by atoms with van der Waals surface area (Å²) >= 11 is 0. The van der Waals surface area contributed by atoms with Gasteiger partial charge in [-0.15, -0.1) is 0 Å². The van der Waals surface area contributed by atoms with Crippen molar-refractivity contribution in [1.82, 2.24) is 15.1 Å². The van der Waals surface area contributed by atoms with Gasteiger partial charge in [0.2, 0.25) is 11.8 Å². The van der Waals surface area contributed by atoms with Crippen LogP contribution in [0.2, 0.25) is 0 Å². The molecule has 2 aliphatic heterocycles. The molecule has 0 bridgehead atoms. The summed E-state index contributed by atoms with van der Waals surface area (Å²) in [5.74, 6) is 0.601. The topological polar surface area (TPSA) is 103 Å². The lowest BCUT2D eigenvalue weighted by Gasteiger charge is -2.32. The third-order valence-electron chi connectivity index (χ3n) is 6.36. The maximum absolute atomic E-state index is 13.1. The van der Waals surface area contributed by atoms with Crippen molar-refractivity contribution in [3.8, 4) is 5.75 Å². The van der Waals surface area contributed by atoms with Crippen molar-refractivity contribution in [1.29, 1.82) is 0 Å². The molecule has 1 saturated heterocycles. The largest absolute Gasteiger partial charge is 0.488 e. The Morgan fingerprint density at radius 1 is 1.30 bits per heavy atom. The quantitative estimate of drug-likeness (QED) is 0.523. The minimum absolute atomic E-state index is 0.0610. The fourth-order valence-electron chi connectivity index (χ4n) is 4.26. The Labute approximate surface area is 196 Å². The van der Waals surface area contributed by atoms with Crippen LogP contribution in [0, 0.1) is 5.92 Å². The average Bonchev–Trinajstić information content (AvgIpc) is 2.86. The minimum Gasteiger partial charge on any atom is -0.488 e. The molecule has 2 aliphatic rings. The first-order valence-corrected chi connectivity index (χ1v) is 11.9. The summed E-state index contributed by atoms with van der Waals surface area (Å²) in [5, 5.41) is 15.8. The monoisotopic (exact) mass is 462 g/mol. The molecule has 3 atom stereocenters. The lowest BCUT2D eigenvalue weighted by Crippen LogP contribution is -2.47. The van der Waals surface area contributed by atoms with Gasteiger partial charge in [-0.1, -0.05) is 6.92 Å². The minimum atomic E-state index is -0.278. The van der Waals surface area contributed by atoms with Crippen molar-refractivity contribution in [3.05, 3.63) is 23.8 Å². The van der Waals surface area contributed by atoms with Crippen LogP contribution in [0.15, 0.2) is 18.2 Å². The number of likely N-dealkylation sites (N-methyl/N-ethyl adjacent to an activating group) is 1. The van der Waals surface area contributed by atoms with E-state index in [0.717, 1.165) is 18.7 Å². The number of nitrogens with one attached hydrogen (secondary N) is 2. The summed E-state index contributed by atoms with van der Waals surface area (Å²) in [5.41, 5.74) is 1.38. The number of anilines is 1. The smallest absolute Gasteiger partial charge is 0.227 e. The van der Waals surface area contributed by atoms with E-state index in [1.807, 2.05) is 32.2 Å². The number of hydrogen-bond acceptors (Lipinski definition) is 7. The molecule has 9 heteroatoms. The molecule has 3 N–H and O–H groups in total. The fraction of sp³-hybridized carbons (Fsp3) is 0.667. The highest BCUT2D eigenvalue weighted by atomic mass is 16.5. The molecule has 1 aromatic carbocycles. The Kier molecular flexibility index (Phi) is 9.49. The van der Waals surface area contributed by atoms with Gasteiger partial charge in [-0.05, 0) is 32.2 Å². The summed E-state index contributed by atoms with van der Waals surface area (Å²) in [6.45, 7) is 8.76. The van der Waals surface area contributed by atoms with Crippen LogP contribution in [0.25, 0.3) is 0 Å². The van der Waals surface area contributed by atoms with E-state index >= 15 is 0 Å². The molecule has 0 aromatic heterocycles. The van der Waals surface area contributed by atoms with Gasteiger partial charge in [0.15, 0.2) is 0 Å². The molecule has 0 unspecified atom stereocenters. The number of ether oxygens (including phenoxy) is 2. The predicted octanol–water partition coefficient (Wildman–Crippen LogP) is 0.716. The predicted molar refractivity (Wildman–Crippen MR) is 126 cm³/mol. The van der Waals surface area contributed by atoms with Crippen molar-refractivity contribution >= 4 is 17.5 Å². The number of morpholine rings is 1. The molecule has 3 rings (SSSR count). The molecule has 0 spiro atoms. The van der Waals surface area contributed by atoms with Gasteiger partial charge in [-0.3, -0.25) is 14.5 Å². The highest BCUT2D eigenvalue weighted by Gasteiger charge is 2.30. The standard InChI is InChI=1S/C24H38N4O5/c1-17-15-28(18(2)16-29)24(31)13-19-12-20(4-5-21(19)33-22(17)14-25-3)26-23(30)6-7-27-8-10-32-11-9-27/h4-5,12,17-18,22,25,29H,6-11,13-16H2,1-3H3,(H,26,30)/t17-,18+,22-/m0/s1. The number of carbonyl (C=O) groups is 2. The first-order valence-electron chi connectivity index (χ1n) is 11.9. The lowest BCUT2D eigenvalue weighted by molar-refractivity contribution is -0.134. The summed E-state index contributed by atoms with van der Waals surface area (Å²) in [6, 6.07) is 5.21.